The Morgan fingerprint density at radius 2 is 2.08 bits per heavy atom. The van der Waals surface area contributed by atoms with Crippen molar-refractivity contribution in [2.75, 3.05) is 37.8 Å². The van der Waals surface area contributed by atoms with Crippen LogP contribution in [0.2, 0.25) is 0 Å². The maximum Gasteiger partial charge on any atom is 0.269 e. The summed E-state index contributed by atoms with van der Waals surface area (Å²) in [6.07, 6.45) is 2.58. The average molecular weight is 465 g/mol. The predicted molar refractivity (Wildman–Crippen MR) is 112 cm³/mol. The Bertz CT molecular complexity index is 535. The van der Waals surface area contributed by atoms with Gasteiger partial charge in [-0.05, 0) is 30.7 Å². The van der Waals surface area contributed by atoms with Crippen molar-refractivity contribution in [1.82, 2.24) is 10.6 Å². The first-order chi connectivity index (χ1) is 11.2. The average Bonchev–Trinajstić information content (AvgIpc) is 3.08. The molecule has 0 saturated carbocycles. The molecule has 9 heteroatoms. The Kier molecular flexibility index (Phi) is 9.84. The Morgan fingerprint density at radius 3 is 2.67 bits per heavy atom. The third-order valence-electron chi connectivity index (χ3n) is 3.57. The van der Waals surface area contributed by atoms with Crippen LogP contribution in [0.3, 0.4) is 0 Å². The number of thioether (sulfide) groups is 1. The predicted octanol–water partition coefficient (Wildman–Crippen LogP) is 2.69. The summed E-state index contributed by atoms with van der Waals surface area (Å²) in [7, 11) is 1.76. The number of aliphatic imine (C=N–C) groups is 1. The molecule has 0 amide bonds. The number of nitrogens with one attached hydrogen (secondary N) is 3. The second kappa shape index (κ2) is 11.3. The number of rotatable bonds is 7. The first-order valence-corrected chi connectivity index (χ1v) is 8.78. The van der Waals surface area contributed by atoms with Crippen LogP contribution in [0.15, 0.2) is 29.3 Å². The number of halogens is 1. The standard InChI is InChI=1S/C15H23N5O2S.HI/c1-16-15(19-11-14-3-2-10-23-14)18-9-8-17-12-4-6-13(7-5-12)20(21)22;/h4-7,14,17H,2-3,8-11H2,1H3,(H2,16,18,19);1H. The number of nitro groups is 1. The van der Waals surface area contributed by atoms with E-state index in [9.17, 15) is 10.1 Å². The van der Waals surface area contributed by atoms with E-state index in [1.807, 2.05) is 11.8 Å². The fraction of sp³-hybridized carbons (Fsp3) is 0.533. The fourth-order valence-corrected chi connectivity index (χ4v) is 3.53. The lowest BCUT2D eigenvalue weighted by atomic mass is 10.2. The third kappa shape index (κ3) is 7.12. The maximum absolute atomic E-state index is 10.6. The zero-order chi connectivity index (χ0) is 16.5. The van der Waals surface area contributed by atoms with Gasteiger partial charge in [0.25, 0.3) is 5.69 Å². The zero-order valence-corrected chi connectivity index (χ0v) is 16.8. The highest BCUT2D eigenvalue weighted by molar-refractivity contribution is 14.0. The molecule has 0 radical (unpaired) electrons. The van der Waals surface area contributed by atoms with E-state index in [-0.39, 0.29) is 29.7 Å². The van der Waals surface area contributed by atoms with Gasteiger partial charge in [-0.15, -0.1) is 24.0 Å². The van der Waals surface area contributed by atoms with Gasteiger partial charge >= 0.3 is 0 Å². The molecule has 0 aromatic heterocycles. The van der Waals surface area contributed by atoms with Gasteiger partial charge in [-0.25, -0.2) is 0 Å². The van der Waals surface area contributed by atoms with E-state index in [1.54, 1.807) is 19.2 Å². The summed E-state index contributed by atoms with van der Waals surface area (Å²) < 4.78 is 0. The number of hydrogen-bond donors (Lipinski definition) is 3. The molecule has 1 unspecified atom stereocenters. The van der Waals surface area contributed by atoms with E-state index < -0.39 is 4.92 Å². The van der Waals surface area contributed by atoms with Gasteiger partial charge in [-0.2, -0.15) is 11.8 Å². The van der Waals surface area contributed by atoms with Crippen LogP contribution in [0.25, 0.3) is 0 Å². The number of non-ortho nitro benzene ring substituents is 1. The molecule has 0 bridgehead atoms. The van der Waals surface area contributed by atoms with Crippen molar-refractivity contribution in [2.45, 2.75) is 18.1 Å². The molecule has 3 N–H and O–H groups in total. The Morgan fingerprint density at radius 1 is 1.33 bits per heavy atom. The third-order valence-corrected chi connectivity index (χ3v) is 4.97. The molecule has 1 aliphatic rings. The number of benzene rings is 1. The lowest BCUT2D eigenvalue weighted by Gasteiger charge is -2.15. The summed E-state index contributed by atoms with van der Waals surface area (Å²) in [5, 5.41) is 21.1. The van der Waals surface area contributed by atoms with E-state index in [4.69, 9.17) is 0 Å². The zero-order valence-electron chi connectivity index (χ0n) is 13.7. The van der Waals surface area contributed by atoms with Gasteiger partial charge in [0, 0.05) is 49.8 Å². The summed E-state index contributed by atoms with van der Waals surface area (Å²) in [6.45, 7) is 2.37. The monoisotopic (exact) mass is 465 g/mol. The summed E-state index contributed by atoms with van der Waals surface area (Å²) in [6, 6.07) is 6.41. The Hall–Kier alpha value is -1.23. The maximum atomic E-state index is 10.6. The fourth-order valence-electron chi connectivity index (χ4n) is 2.33. The number of anilines is 1. The highest BCUT2D eigenvalue weighted by Gasteiger charge is 2.15. The van der Waals surface area contributed by atoms with Crippen LogP contribution in [-0.2, 0) is 0 Å². The van der Waals surface area contributed by atoms with Gasteiger partial charge in [-0.3, -0.25) is 15.1 Å². The number of nitro benzene ring substituents is 1. The van der Waals surface area contributed by atoms with Gasteiger partial charge in [-0.1, -0.05) is 0 Å². The molecule has 134 valence electrons. The van der Waals surface area contributed by atoms with E-state index in [2.05, 4.69) is 20.9 Å². The van der Waals surface area contributed by atoms with Crippen LogP contribution in [-0.4, -0.2) is 48.6 Å². The Balaban J connectivity index is 0.00000288. The molecule has 1 atom stereocenters. The number of hydrogen-bond acceptors (Lipinski definition) is 5. The number of nitrogens with zero attached hydrogens (tertiary/aromatic N) is 2. The Labute approximate surface area is 163 Å². The largest absolute Gasteiger partial charge is 0.383 e. The molecule has 0 aliphatic carbocycles. The molecule has 1 saturated heterocycles. The molecule has 1 aliphatic heterocycles. The molecule has 1 aromatic rings. The van der Waals surface area contributed by atoms with Gasteiger partial charge in [0.2, 0.25) is 0 Å². The van der Waals surface area contributed by atoms with Crippen molar-refractivity contribution in [3.63, 3.8) is 0 Å². The van der Waals surface area contributed by atoms with Crippen molar-refractivity contribution in [2.24, 2.45) is 4.99 Å². The van der Waals surface area contributed by atoms with Crippen LogP contribution in [0.5, 0.6) is 0 Å². The molecular weight excluding hydrogens is 441 g/mol. The molecule has 1 aromatic carbocycles. The lowest BCUT2D eigenvalue weighted by Crippen LogP contribution is -2.41. The van der Waals surface area contributed by atoms with E-state index >= 15 is 0 Å². The lowest BCUT2D eigenvalue weighted by molar-refractivity contribution is -0.384. The van der Waals surface area contributed by atoms with Gasteiger partial charge in [0.15, 0.2) is 5.96 Å². The quantitative estimate of drug-likeness (QED) is 0.143. The second-order valence-corrected chi connectivity index (χ2v) is 6.65. The minimum absolute atomic E-state index is 0. The van der Waals surface area contributed by atoms with Crippen molar-refractivity contribution in [3.8, 4) is 0 Å². The minimum atomic E-state index is -0.399. The van der Waals surface area contributed by atoms with Gasteiger partial charge in [0.1, 0.15) is 0 Å². The first-order valence-electron chi connectivity index (χ1n) is 7.73. The van der Waals surface area contributed by atoms with Crippen molar-refractivity contribution in [1.29, 1.82) is 0 Å². The topological polar surface area (TPSA) is 91.6 Å². The van der Waals surface area contributed by atoms with Crippen molar-refractivity contribution < 1.29 is 4.92 Å². The van der Waals surface area contributed by atoms with Gasteiger partial charge < -0.3 is 16.0 Å². The molecular formula is C15H24IN5O2S. The molecule has 2 rings (SSSR count). The van der Waals surface area contributed by atoms with Crippen LogP contribution in [0, 0.1) is 10.1 Å². The molecule has 1 fully saturated rings. The van der Waals surface area contributed by atoms with Crippen LogP contribution in [0.4, 0.5) is 11.4 Å². The highest BCUT2D eigenvalue weighted by Crippen LogP contribution is 2.25. The highest BCUT2D eigenvalue weighted by atomic mass is 127. The summed E-state index contributed by atoms with van der Waals surface area (Å²) in [5.41, 5.74) is 0.964. The van der Waals surface area contributed by atoms with Gasteiger partial charge in [0.05, 0.1) is 4.92 Å². The van der Waals surface area contributed by atoms with Crippen LogP contribution >= 0.6 is 35.7 Å². The minimum Gasteiger partial charge on any atom is -0.383 e. The summed E-state index contributed by atoms with van der Waals surface area (Å²) >= 11 is 2.02. The summed E-state index contributed by atoms with van der Waals surface area (Å²) in [5.74, 6) is 2.07. The molecule has 24 heavy (non-hydrogen) atoms. The van der Waals surface area contributed by atoms with E-state index in [0.717, 1.165) is 18.2 Å². The van der Waals surface area contributed by atoms with Crippen LogP contribution < -0.4 is 16.0 Å². The summed E-state index contributed by atoms with van der Waals surface area (Å²) in [4.78, 5) is 14.4. The molecule has 0 spiro atoms. The smallest absolute Gasteiger partial charge is 0.269 e. The second-order valence-electron chi connectivity index (χ2n) is 5.25. The molecule has 7 nitrogen and oxygen atoms in total. The van der Waals surface area contributed by atoms with Crippen molar-refractivity contribution >= 4 is 53.1 Å². The number of guanidine groups is 1. The van der Waals surface area contributed by atoms with Crippen molar-refractivity contribution in [3.05, 3.63) is 34.4 Å². The molecule has 1 heterocycles. The first kappa shape index (κ1) is 20.8. The SMILES string of the molecule is CN=C(NCCNc1ccc([N+](=O)[O-])cc1)NCC1CCCS1.I. The van der Waals surface area contributed by atoms with E-state index in [0.29, 0.717) is 18.3 Å². The van der Waals surface area contributed by atoms with E-state index in [1.165, 1.54) is 30.7 Å². The van der Waals surface area contributed by atoms with Crippen LogP contribution in [0.1, 0.15) is 12.8 Å². The normalized spacial score (nSPS) is 17.0.